The van der Waals surface area contributed by atoms with E-state index >= 15 is 0 Å². The highest BCUT2D eigenvalue weighted by molar-refractivity contribution is 6.19. The van der Waals surface area contributed by atoms with Crippen LogP contribution in [0.25, 0.3) is 108 Å². The summed E-state index contributed by atoms with van der Waals surface area (Å²) in [6, 6.07) is 67.8. The van der Waals surface area contributed by atoms with Crippen molar-refractivity contribution in [2.24, 2.45) is 0 Å². The third kappa shape index (κ3) is 4.12. The van der Waals surface area contributed by atoms with Crippen molar-refractivity contribution in [3.05, 3.63) is 182 Å². The van der Waals surface area contributed by atoms with Crippen LogP contribution in [-0.2, 0) is 0 Å². The van der Waals surface area contributed by atoms with Crippen LogP contribution in [-0.4, -0.2) is 0 Å². The monoisotopic (exact) mass is 630 g/mol. The largest absolute Gasteiger partial charge is 0.0616 e. The van der Waals surface area contributed by atoms with E-state index in [9.17, 15) is 0 Å². The van der Waals surface area contributed by atoms with Crippen molar-refractivity contribution in [2.45, 2.75) is 0 Å². The lowest BCUT2D eigenvalue weighted by Gasteiger charge is -2.12. The van der Waals surface area contributed by atoms with Crippen LogP contribution in [0.3, 0.4) is 0 Å². The standard InChI is InChI=1S/C50H30/c1-3-7-41-31(5-1)19-25-45-43(41)23-21-35-13-17-37(27-47(35)45)39-15-11-33-9-10-34-12-16-40(30-50(34)49(33)29-39)38-18-14-36-22-24-44-42-8-4-2-6-32(42)20-26-46(44)48(36)28-38/h1-30H. The van der Waals surface area contributed by atoms with Gasteiger partial charge in [-0.05, 0) is 133 Å². The zero-order valence-electron chi connectivity index (χ0n) is 27.3. The fraction of sp³-hybridized carbons (Fsp3) is 0. The summed E-state index contributed by atoms with van der Waals surface area (Å²) in [6.45, 7) is 0. The van der Waals surface area contributed by atoms with Gasteiger partial charge in [0.1, 0.15) is 0 Å². The third-order valence-corrected chi connectivity index (χ3v) is 11.0. The molecule has 50 heavy (non-hydrogen) atoms. The number of benzene rings is 11. The van der Waals surface area contributed by atoms with Gasteiger partial charge in [0, 0.05) is 0 Å². The van der Waals surface area contributed by atoms with Crippen molar-refractivity contribution in [1.29, 1.82) is 0 Å². The van der Waals surface area contributed by atoms with Crippen LogP contribution in [0.1, 0.15) is 0 Å². The lowest BCUT2D eigenvalue weighted by molar-refractivity contribution is 1.68. The van der Waals surface area contributed by atoms with Crippen molar-refractivity contribution >= 4 is 86.2 Å². The number of rotatable bonds is 2. The van der Waals surface area contributed by atoms with Gasteiger partial charge in [-0.1, -0.05) is 158 Å². The molecule has 230 valence electrons. The zero-order valence-corrected chi connectivity index (χ0v) is 27.3. The average molecular weight is 631 g/mol. The molecule has 11 rings (SSSR count). The quantitative estimate of drug-likeness (QED) is 0.167. The summed E-state index contributed by atoms with van der Waals surface area (Å²) in [4.78, 5) is 0. The van der Waals surface area contributed by atoms with E-state index in [1.165, 1.54) is 108 Å². The highest BCUT2D eigenvalue weighted by Gasteiger charge is 2.11. The number of hydrogen-bond donors (Lipinski definition) is 0. The second-order valence-corrected chi connectivity index (χ2v) is 13.7. The summed E-state index contributed by atoms with van der Waals surface area (Å²) in [5, 5.41) is 20.6. The maximum atomic E-state index is 2.39. The van der Waals surface area contributed by atoms with Crippen molar-refractivity contribution in [1.82, 2.24) is 0 Å². The maximum absolute atomic E-state index is 2.39. The van der Waals surface area contributed by atoms with Crippen molar-refractivity contribution in [3.8, 4) is 22.3 Å². The molecule has 0 radical (unpaired) electrons. The molecule has 0 saturated heterocycles. The first kappa shape index (κ1) is 27.5. The Labute approximate surface area is 289 Å². The first-order chi connectivity index (χ1) is 24.7. The molecule has 0 nitrogen and oxygen atoms in total. The van der Waals surface area contributed by atoms with Gasteiger partial charge in [-0.15, -0.1) is 0 Å². The van der Waals surface area contributed by atoms with Crippen LogP contribution in [0.4, 0.5) is 0 Å². The van der Waals surface area contributed by atoms with Crippen LogP contribution in [0, 0.1) is 0 Å². The Hall–Kier alpha value is -6.50. The number of fused-ring (bicyclic) bond motifs is 13. The first-order valence-corrected chi connectivity index (χ1v) is 17.4. The molecule has 0 bridgehead atoms. The molecule has 0 heterocycles. The second kappa shape index (κ2) is 10.5. The smallest absolute Gasteiger partial charge is 0.00987 e. The van der Waals surface area contributed by atoms with Crippen molar-refractivity contribution < 1.29 is 0 Å². The molecule has 0 unspecified atom stereocenters. The van der Waals surface area contributed by atoms with Gasteiger partial charge in [0.2, 0.25) is 0 Å². The Morgan fingerprint density at radius 2 is 0.400 bits per heavy atom. The molecule has 0 N–H and O–H groups in total. The van der Waals surface area contributed by atoms with Gasteiger partial charge in [-0.2, -0.15) is 0 Å². The Kier molecular flexibility index (Phi) is 5.76. The molecular formula is C50H30. The van der Waals surface area contributed by atoms with Gasteiger partial charge in [0.15, 0.2) is 0 Å². The Morgan fingerprint density at radius 3 is 0.760 bits per heavy atom. The van der Waals surface area contributed by atoms with Crippen LogP contribution < -0.4 is 0 Å². The van der Waals surface area contributed by atoms with Gasteiger partial charge in [-0.25, -0.2) is 0 Å². The predicted molar refractivity (Wildman–Crippen MR) is 217 cm³/mol. The summed E-state index contributed by atoms with van der Waals surface area (Å²) in [5.41, 5.74) is 4.95. The van der Waals surface area contributed by atoms with E-state index in [1.807, 2.05) is 0 Å². The van der Waals surface area contributed by atoms with Gasteiger partial charge in [0.25, 0.3) is 0 Å². The lowest BCUT2D eigenvalue weighted by Crippen LogP contribution is -1.86. The summed E-state index contributed by atoms with van der Waals surface area (Å²) >= 11 is 0. The summed E-state index contributed by atoms with van der Waals surface area (Å²) in [5.74, 6) is 0. The molecule has 0 aliphatic carbocycles. The highest BCUT2D eigenvalue weighted by atomic mass is 14.1. The van der Waals surface area contributed by atoms with Crippen molar-refractivity contribution in [3.63, 3.8) is 0 Å². The molecule has 11 aromatic rings. The summed E-state index contributed by atoms with van der Waals surface area (Å²) < 4.78 is 0. The molecule has 0 amide bonds. The van der Waals surface area contributed by atoms with Gasteiger partial charge >= 0.3 is 0 Å². The molecule has 0 heteroatoms. The van der Waals surface area contributed by atoms with Crippen LogP contribution in [0.2, 0.25) is 0 Å². The third-order valence-electron chi connectivity index (χ3n) is 11.0. The first-order valence-electron chi connectivity index (χ1n) is 17.4. The SMILES string of the molecule is c1ccc2c(c1)ccc1c3cc(-c4ccc5ccc6ccc(-c7ccc8ccc9c%10ccccc%10ccc9c8c7)cc6c5c4)ccc3ccc21. The molecular weight excluding hydrogens is 601 g/mol. The molecule has 0 aliphatic rings. The maximum Gasteiger partial charge on any atom is -0.00987 e. The van der Waals surface area contributed by atoms with Crippen LogP contribution in [0.15, 0.2) is 182 Å². The highest BCUT2D eigenvalue weighted by Crippen LogP contribution is 2.38. The molecule has 11 aromatic carbocycles. The average Bonchev–Trinajstić information content (AvgIpc) is 3.19. The normalized spacial score (nSPS) is 12.0. The summed E-state index contributed by atoms with van der Waals surface area (Å²) in [6.07, 6.45) is 0. The van der Waals surface area contributed by atoms with Crippen LogP contribution >= 0.6 is 0 Å². The molecule has 0 fully saturated rings. The Bertz CT molecular complexity index is 2980. The van der Waals surface area contributed by atoms with E-state index in [0.29, 0.717) is 0 Å². The van der Waals surface area contributed by atoms with E-state index < -0.39 is 0 Å². The molecule has 0 aliphatic heterocycles. The predicted octanol–water partition coefficient (Wildman–Crippen LogP) is 14.2. The number of hydrogen-bond acceptors (Lipinski definition) is 0. The summed E-state index contributed by atoms with van der Waals surface area (Å²) in [7, 11) is 0. The minimum absolute atomic E-state index is 1.24. The lowest BCUT2D eigenvalue weighted by atomic mass is 9.92. The van der Waals surface area contributed by atoms with Crippen LogP contribution in [0.5, 0.6) is 0 Å². The van der Waals surface area contributed by atoms with E-state index in [1.54, 1.807) is 0 Å². The minimum Gasteiger partial charge on any atom is -0.0616 e. The van der Waals surface area contributed by atoms with E-state index in [-0.39, 0.29) is 0 Å². The van der Waals surface area contributed by atoms with Gasteiger partial charge < -0.3 is 0 Å². The Balaban J connectivity index is 1.07. The van der Waals surface area contributed by atoms with Gasteiger partial charge in [-0.3, -0.25) is 0 Å². The molecule has 0 spiro atoms. The van der Waals surface area contributed by atoms with E-state index in [0.717, 1.165) is 0 Å². The molecule has 0 atom stereocenters. The zero-order chi connectivity index (χ0) is 32.8. The van der Waals surface area contributed by atoms with E-state index in [2.05, 4.69) is 182 Å². The Morgan fingerprint density at radius 1 is 0.160 bits per heavy atom. The van der Waals surface area contributed by atoms with E-state index in [4.69, 9.17) is 0 Å². The van der Waals surface area contributed by atoms with Crippen molar-refractivity contribution in [2.75, 3.05) is 0 Å². The fourth-order valence-electron chi connectivity index (χ4n) is 8.40. The molecule has 0 aromatic heterocycles. The minimum atomic E-state index is 1.24. The van der Waals surface area contributed by atoms with Gasteiger partial charge in [0.05, 0.1) is 0 Å². The fourth-order valence-corrected chi connectivity index (χ4v) is 8.40. The molecule has 0 saturated carbocycles. The topological polar surface area (TPSA) is 0 Å². The second-order valence-electron chi connectivity index (χ2n) is 13.7.